The Balaban J connectivity index is 1.43. The number of phosphoric ester groups is 3. The maximum atomic E-state index is 12.7. The number of hydrogen-bond donors (Lipinski definition) is 10. The molecule has 0 aliphatic carbocycles. The predicted octanol–water partition coefficient (Wildman–Crippen LogP) is -0.00240. The lowest BCUT2D eigenvalue weighted by Crippen LogP contribution is -2.46. The number of nitrogens with one attached hydrogen (secondary N) is 2. The van der Waals surface area contributed by atoms with Crippen LogP contribution in [0, 0.1) is 5.41 Å². The molecule has 0 aromatic carbocycles. The zero-order chi connectivity index (χ0) is 43.3. The van der Waals surface area contributed by atoms with Crippen molar-refractivity contribution in [3.8, 4) is 0 Å². The van der Waals surface area contributed by atoms with Gasteiger partial charge in [-0.15, -0.1) is 0 Å². The molecule has 29 heteroatoms. The summed E-state index contributed by atoms with van der Waals surface area (Å²) >= 11 is 1.10. The number of nitrogens with zero attached hydrogens (tertiary/aromatic N) is 4. The largest absolute Gasteiger partial charge is 0.481 e. The van der Waals surface area contributed by atoms with E-state index in [0.717, 1.165) is 61.1 Å². The number of rotatable bonds is 26. The number of aromatic nitrogens is 4. The van der Waals surface area contributed by atoms with Gasteiger partial charge < -0.3 is 56.0 Å². The minimum absolute atomic E-state index is 0.00772. The fraction of sp³-hybridized carbons (Fsp3) is 0.724. The van der Waals surface area contributed by atoms with Crippen LogP contribution >= 0.6 is 35.2 Å². The molecule has 1 saturated heterocycles. The predicted molar refractivity (Wildman–Crippen MR) is 202 cm³/mol. The molecule has 11 N–H and O–H groups in total. The molecule has 58 heavy (non-hydrogen) atoms. The van der Waals surface area contributed by atoms with Crippen LogP contribution in [0.15, 0.2) is 12.7 Å². The van der Waals surface area contributed by atoms with Gasteiger partial charge in [-0.1, -0.05) is 44.9 Å². The number of amides is 2. The summed E-state index contributed by atoms with van der Waals surface area (Å²) in [7, 11) is -16.4. The normalized spacial score (nSPS) is 21.3. The first kappa shape index (κ1) is 49.9. The number of carbonyl (C=O) groups is 3. The third-order valence-electron chi connectivity index (χ3n) is 8.30. The minimum Gasteiger partial charge on any atom is -0.396 e. The Hall–Kier alpha value is -2.48. The van der Waals surface area contributed by atoms with Gasteiger partial charge in [-0.25, -0.2) is 28.6 Å². The molecule has 2 amide bonds. The lowest BCUT2D eigenvalue weighted by atomic mass is 9.87. The van der Waals surface area contributed by atoms with E-state index in [1.54, 1.807) is 0 Å². The van der Waals surface area contributed by atoms with Gasteiger partial charge in [0.05, 0.1) is 19.5 Å². The van der Waals surface area contributed by atoms with Crippen molar-refractivity contribution in [3.63, 3.8) is 0 Å². The average Bonchev–Trinajstić information content (AvgIpc) is 3.69. The highest BCUT2D eigenvalue weighted by Gasteiger charge is 2.50. The van der Waals surface area contributed by atoms with E-state index in [1.165, 1.54) is 13.8 Å². The van der Waals surface area contributed by atoms with Gasteiger partial charge in [0.2, 0.25) is 11.8 Å². The minimum atomic E-state index is -5.57. The highest BCUT2D eigenvalue weighted by atomic mass is 32.2. The number of imidazole rings is 1. The maximum absolute atomic E-state index is 12.7. The number of nitrogens with two attached hydrogens (primary N) is 1. The lowest BCUT2D eigenvalue weighted by molar-refractivity contribution is -0.137. The SMILES string of the molecule is CC(C)(COP(=O)(O)OP(=O)(O)OC[C@H]1O[C@H](n2cnc3c(N)ncnc32)[C@H](O)[C@@H]1OP(=O)(O)O)[C@@H](O)C(=O)NCCC(=O)NCCSC(=O)CCCCCCCO. The van der Waals surface area contributed by atoms with E-state index >= 15 is 0 Å². The number of fused-ring (bicyclic) bond motifs is 1. The topological polar surface area (TPSA) is 384 Å². The van der Waals surface area contributed by atoms with Gasteiger partial charge in [0.15, 0.2) is 22.8 Å². The molecule has 1 fully saturated rings. The summed E-state index contributed by atoms with van der Waals surface area (Å²) in [6.07, 6.45) is -2.27. The third kappa shape index (κ3) is 16.2. The lowest BCUT2D eigenvalue weighted by Gasteiger charge is -2.30. The van der Waals surface area contributed by atoms with Crippen molar-refractivity contribution < 1.29 is 85.6 Å². The second-order valence-electron chi connectivity index (χ2n) is 13.5. The molecule has 25 nitrogen and oxygen atoms in total. The molecule has 0 bridgehead atoms. The molecule has 2 aromatic heterocycles. The van der Waals surface area contributed by atoms with Crippen LogP contribution in [0.2, 0.25) is 0 Å². The number of aliphatic hydroxyl groups is 3. The number of thioether (sulfide) groups is 1. The fourth-order valence-electron chi connectivity index (χ4n) is 5.28. The Morgan fingerprint density at radius 2 is 1.66 bits per heavy atom. The Morgan fingerprint density at radius 1 is 0.983 bits per heavy atom. The molecule has 3 heterocycles. The van der Waals surface area contributed by atoms with Crippen LogP contribution in [0.5, 0.6) is 0 Å². The summed E-state index contributed by atoms with van der Waals surface area (Å²) < 4.78 is 62.1. The number of nitrogen functional groups attached to an aromatic ring is 1. The number of hydrogen-bond acceptors (Lipinski definition) is 19. The first-order valence-electron chi connectivity index (χ1n) is 17.7. The summed E-state index contributed by atoms with van der Waals surface area (Å²) in [4.78, 5) is 87.6. The van der Waals surface area contributed by atoms with Gasteiger partial charge >= 0.3 is 23.5 Å². The number of phosphoric acid groups is 3. The Morgan fingerprint density at radius 3 is 2.34 bits per heavy atom. The molecule has 0 radical (unpaired) electrons. The highest BCUT2D eigenvalue weighted by Crippen LogP contribution is 2.61. The van der Waals surface area contributed by atoms with E-state index < -0.39 is 84.6 Å². The number of anilines is 1. The molecule has 1 aliphatic rings. The zero-order valence-corrected chi connectivity index (χ0v) is 35.0. The number of unbranched alkanes of at least 4 members (excludes halogenated alkanes) is 4. The van der Waals surface area contributed by atoms with E-state index in [9.17, 15) is 57.9 Å². The van der Waals surface area contributed by atoms with Gasteiger partial charge in [-0.05, 0) is 12.8 Å². The number of ether oxygens (including phenoxy) is 1. The molecular weight excluding hydrogens is 859 g/mol. The van der Waals surface area contributed by atoms with E-state index in [-0.39, 0.29) is 48.2 Å². The molecule has 330 valence electrons. The molecule has 1 aliphatic heterocycles. The molecule has 3 rings (SSSR count). The molecule has 0 spiro atoms. The Labute approximate surface area is 336 Å². The highest BCUT2D eigenvalue weighted by molar-refractivity contribution is 8.13. The molecule has 0 saturated carbocycles. The molecule has 7 atom stereocenters. The van der Waals surface area contributed by atoms with Crippen molar-refractivity contribution in [2.75, 3.05) is 44.4 Å². The van der Waals surface area contributed by atoms with E-state index in [1.807, 2.05) is 0 Å². The van der Waals surface area contributed by atoms with Gasteiger partial charge in [-0.3, -0.25) is 32.5 Å². The number of carbonyl (C=O) groups excluding carboxylic acids is 3. The summed E-state index contributed by atoms with van der Waals surface area (Å²) in [5.74, 6) is -1.10. The van der Waals surface area contributed by atoms with Gasteiger partial charge in [-0.2, -0.15) is 4.31 Å². The Bertz CT molecular complexity index is 1840. The quantitative estimate of drug-likeness (QED) is 0.0438. The van der Waals surface area contributed by atoms with Gasteiger partial charge in [0, 0.05) is 43.7 Å². The summed E-state index contributed by atoms with van der Waals surface area (Å²) in [5.41, 5.74) is 4.26. The molecular formula is C29H50N7O18P3S. The average molecular weight is 910 g/mol. The molecule has 2 unspecified atom stereocenters. The van der Waals surface area contributed by atoms with E-state index in [2.05, 4.69) is 34.4 Å². The van der Waals surface area contributed by atoms with Crippen LogP contribution in [0.25, 0.3) is 11.2 Å². The second-order valence-corrected chi connectivity index (χ2v) is 18.9. The van der Waals surface area contributed by atoms with E-state index in [0.29, 0.717) is 12.2 Å². The first-order valence-corrected chi connectivity index (χ1v) is 23.2. The van der Waals surface area contributed by atoms with Crippen LogP contribution in [0.3, 0.4) is 0 Å². The van der Waals surface area contributed by atoms with Crippen molar-refractivity contribution >= 4 is 69.1 Å². The zero-order valence-electron chi connectivity index (χ0n) is 31.5. The summed E-state index contributed by atoms with van der Waals surface area (Å²) in [6.45, 7) is 0.644. The monoisotopic (exact) mass is 909 g/mol. The van der Waals surface area contributed by atoms with Crippen molar-refractivity contribution in [2.45, 2.75) is 89.4 Å². The van der Waals surface area contributed by atoms with Crippen molar-refractivity contribution in [1.82, 2.24) is 30.2 Å². The van der Waals surface area contributed by atoms with Crippen LogP contribution in [0.1, 0.15) is 65.0 Å². The van der Waals surface area contributed by atoms with Crippen molar-refractivity contribution in [1.29, 1.82) is 0 Å². The van der Waals surface area contributed by atoms with Crippen LogP contribution in [0.4, 0.5) is 5.82 Å². The van der Waals surface area contributed by atoms with Crippen molar-refractivity contribution in [2.24, 2.45) is 5.41 Å². The maximum Gasteiger partial charge on any atom is 0.481 e. The van der Waals surface area contributed by atoms with Gasteiger partial charge in [0.1, 0.15) is 36.3 Å². The van der Waals surface area contributed by atoms with Crippen LogP contribution in [-0.4, -0.2) is 134 Å². The smallest absolute Gasteiger partial charge is 0.396 e. The summed E-state index contributed by atoms with van der Waals surface area (Å²) in [5, 5.41) is 35.2. The standard InChI is InChI=1S/C29H50N7O18P3S/c1-29(2,24(41)27(42)32-10-9-19(38)31-11-13-58-20(39)8-6-4-3-5-7-12-37)15-51-57(48,49)54-56(46,47)50-14-18-23(53-55(43,44)45)22(40)28(52-18)36-17-35-21-25(30)33-16-34-26(21)36/h16-18,22-24,28,37,40-41H,3-15H2,1-2H3,(H,31,38)(H,32,42)(H,46,47)(H,48,49)(H2,30,33,34)(H2,43,44,45)/t18-,22-,23-,24+,28+/m1/s1. The van der Waals surface area contributed by atoms with Crippen LogP contribution < -0.4 is 16.4 Å². The third-order valence-corrected chi connectivity index (χ3v) is 12.3. The Kier molecular flexibility index (Phi) is 19.3. The van der Waals surface area contributed by atoms with E-state index in [4.69, 9.17) is 24.6 Å². The molecule has 2 aromatic rings. The van der Waals surface area contributed by atoms with Crippen molar-refractivity contribution in [3.05, 3.63) is 12.7 Å². The summed E-state index contributed by atoms with van der Waals surface area (Å²) in [6, 6.07) is 0. The first-order chi connectivity index (χ1) is 27.1. The second kappa shape index (κ2) is 22.4. The van der Waals surface area contributed by atoms with Gasteiger partial charge in [0.25, 0.3) is 0 Å². The van der Waals surface area contributed by atoms with Crippen LogP contribution in [-0.2, 0) is 50.7 Å². The number of aliphatic hydroxyl groups excluding tert-OH is 3. The fourth-order valence-corrected chi connectivity index (χ4v) is 8.83.